The summed E-state index contributed by atoms with van der Waals surface area (Å²) in [6.07, 6.45) is 0.593. The van der Waals surface area contributed by atoms with Crippen LogP contribution in [0.1, 0.15) is 6.42 Å². The quantitative estimate of drug-likeness (QED) is 0.819. The normalized spacial score (nSPS) is 18.4. The first-order valence-corrected chi connectivity index (χ1v) is 10.6. The number of nitrogens with one attached hydrogen (secondary N) is 1. The summed E-state index contributed by atoms with van der Waals surface area (Å²) < 4.78 is 28.3. The van der Waals surface area contributed by atoms with Crippen LogP contribution in [0.25, 0.3) is 11.1 Å². The van der Waals surface area contributed by atoms with Gasteiger partial charge in [-0.1, -0.05) is 48.0 Å². The van der Waals surface area contributed by atoms with Crippen molar-refractivity contribution >= 4 is 27.3 Å². The van der Waals surface area contributed by atoms with E-state index >= 15 is 0 Å². The van der Waals surface area contributed by atoms with Crippen molar-refractivity contribution in [2.24, 2.45) is 5.92 Å². The van der Waals surface area contributed by atoms with E-state index in [4.69, 9.17) is 16.3 Å². The van der Waals surface area contributed by atoms with E-state index in [1.165, 1.54) is 0 Å². The Morgan fingerprint density at radius 1 is 1.15 bits per heavy atom. The summed E-state index contributed by atoms with van der Waals surface area (Å²) in [4.78, 5) is 11.9. The molecule has 0 aliphatic carbocycles. The highest BCUT2D eigenvalue weighted by molar-refractivity contribution is 7.91. The van der Waals surface area contributed by atoms with E-state index in [0.717, 1.165) is 11.1 Å². The summed E-state index contributed by atoms with van der Waals surface area (Å²) in [5.74, 6) is 0.467. The second-order valence-electron chi connectivity index (χ2n) is 6.37. The third-order valence-corrected chi connectivity index (χ3v) is 6.44. The van der Waals surface area contributed by atoms with Gasteiger partial charge in [-0.2, -0.15) is 0 Å². The number of amides is 1. The predicted octanol–water partition coefficient (Wildman–Crippen LogP) is 2.94. The lowest BCUT2D eigenvalue weighted by atomic mass is 10.1. The highest BCUT2D eigenvalue weighted by Gasteiger charge is 2.27. The second kappa shape index (κ2) is 8.10. The topological polar surface area (TPSA) is 72.5 Å². The zero-order chi connectivity index (χ0) is 18.6. The molecule has 1 fully saturated rings. The zero-order valence-electron chi connectivity index (χ0n) is 14.2. The molecule has 1 N–H and O–H groups in total. The average Bonchev–Trinajstić information content (AvgIpc) is 2.98. The summed E-state index contributed by atoms with van der Waals surface area (Å²) in [6, 6.07) is 15.3. The number of rotatable bonds is 6. The first kappa shape index (κ1) is 18.7. The van der Waals surface area contributed by atoms with Gasteiger partial charge in [0.25, 0.3) is 5.91 Å². The number of hydrogen-bond donors (Lipinski definition) is 1. The van der Waals surface area contributed by atoms with E-state index < -0.39 is 9.84 Å². The molecule has 0 aromatic heterocycles. The minimum Gasteiger partial charge on any atom is -0.482 e. The van der Waals surface area contributed by atoms with Crippen LogP contribution in [0.15, 0.2) is 48.5 Å². The highest BCUT2D eigenvalue weighted by atomic mass is 35.5. The lowest BCUT2D eigenvalue weighted by Crippen LogP contribution is -2.33. The van der Waals surface area contributed by atoms with Gasteiger partial charge in [0.05, 0.1) is 16.5 Å². The Labute approximate surface area is 158 Å². The van der Waals surface area contributed by atoms with E-state index in [-0.39, 0.29) is 29.9 Å². The molecule has 0 bridgehead atoms. The van der Waals surface area contributed by atoms with Crippen molar-refractivity contribution in [2.75, 3.05) is 24.7 Å². The van der Waals surface area contributed by atoms with Gasteiger partial charge in [0.1, 0.15) is 5.75 Å². The van der Waals surface area contributed by atoms with Gasteiger partial charge in [0, 0.05) is 6.54 Å². The van der Waals surface area contributed by atoms with E-state index in [0.29, 0.717) is 23.7 Å². The molecule has 1 heterocycles. The second-order valence-corrected chi connectivity index (χ2v) is 9.01. The Kier molecular flexibility index (Phi) is 5.84. The lowest BCUT2D eigenvalue weighted by Gasteiger charge is -2.12. The monoisotopic (exact) mass is 393 g/mol. The summed E-state index contributed by atoms with van der Waals surface area (Å²) in [5, 5.41) is 3.15. The molecule has 5 nitrogen and oxygen atoms in total. The van der Waals surface area contributed by atoms with Gasteiger partial charge in [-0.15, -0.1) is 0 Å². The van der Waals surface area contributed by atoms with Crippen molar-refractivity contribution in [1.82, 2.24) is 5.32 Å². The van der Waals surface area contributed by atoms with E-state index in [9.17, 15) is 13.2 Å². The summed E-state index contributed by atoms with van der Waals surface area (Å²) in [7, 11) is -2.93. The summed E-state index contributed by atoms with van der Waals surface area (Å²) >= 11 is 6.25. The maximum absolute atomic E-state index is 11.9. The number of hydrogen-bond acceptors (Lipinski definition) is 4. The van der Waals surface area contributed by atoms with Crippen molar-refractivity contribution in [3.05, 3.63) is 53.6 Å². The summed E-state index contributed by atoms with van der Waals surface area (Å²) in [6.45, 7) is 0.186. The largest absolute Gasteiger partial charge is 0.482 e. The molecule has 1 atom stereocenters. The minimum atomic E-state index is -2.93. The lowest BCUT2D eigenvalue weighted by molar-refractivity contribution is -0.123. The van der Waals surface area contributed by atoms with Crippen molar-refractivity contribution in [1.29, 1.82) is 0 Å². The van der Waals surface area contributed by atoms with Crippen LogP contribution in [0.4, 0.5) is 0 Å². The molecule has 1 saturated heterocycles. The van der Waals surface area contributed by atoms with Crippen LogP contribution in [0, 0.1) is 5.92 Å². The fourth-order valence-corrected chi connectivity index (χ4v) is 5.01. The number of halogens is 1. The van der Waals surface area contributed by atoms with E-state index in [2.05, 4.69) is 5.32 Å². The molecule has 2 aromatic carbocycles. The first-order valence-electron chi connectivity index (χ1n) is 8.38. The number of carbonyl (C=O) groups excluding carboxylic acids is 1. The van der Waals surface area contributed by atoms with Crippen LogP contribution in [-0.2, 0) is 14.6 Å². The molecule has 0 spiro atoms. The van der Waals surface area contributed by atoms with Crippen LogP contribution >= 0.6 is 11.6 Å². The van der Waals surface area contributed by atoms with Crippen LogP contribution in [0.5, 0.6) is 5.75 Å². The Hall–Kier alpha value is -2.05. The van der Waals surface area contributed by atoms with Crippen molar-refractivity contribution in [3.8, 4) is 16.9 Å². The van der Waals surface area contributed by atoms with Crippen molar-refractivity contribution in [2.45, 2.75) is 6.42 Å². The molecular weight excluding hydrogens is 374 g/mol. The zero-order valence-corrected chi connectivity index (χ0v) is 15.7. The number of ether oxygens (including phenoxy) is 1. The van der Waals surface area contributed by atoms with Crippen molar-refractivity contribution in [3.63, 3.8) is 0 Å². The third kappa shape index (κ3) is 4.99. The van der Waals surface area contributed by atoms with Gasteiger partial charge in [-0.25, -0.2) is 8.42 Å². The molecule has 138 valence electrons. The Morgan fingerprint density at radius 2 is 1.92 bits per heavy atom. The first-order chi connectivity index (χ1) is 12.4. The smallest absolute Gasteiger partial charge is 0.257 e. The molecule has 1 amide bonds. The van der Waals surface area contributed by atoms with Gasteiger partial charge in [0.15, 0.2) is 16.4 Å². The fourth-order valence-electron chi connectivity index (χ4n) is 2.91. The molecular formula is C19H20ClNO4S. The molecule has 0 radical (unpaired) electrons. The number of benzene rings is 2. The van der Waals surface area contributed by atoms with Gasteiger partial charge in [-0.3, -0.25) is 4.79 Å². The predicted molar refractivity (Wildman–Crippen MR) is 102 cm³/mol. The molecule has 1 aliphatic rings. The van der Waals surface area contributed by atoms with Gasteiger partial charge in [0.2, 0.25) is 0 Å². The Bertz CT molecular complexity index is 884. The van der Waals surface area contributed by atoms with Crippen LogP contribution < -0.4 is 10.1 Å². The molecule has 7 heteroatoms. The van der Waals surface area contributed by atoms with Crippen LogP contribution in [-0.4, -0.2) is 39.0 Å². The van der Waals surface area contributed by atoms with Crippen molar-refractivity contribution < 1.29 is 17.9 Å². The third-order valence-electron chi connectivity index (χ3n) is 4.31. The molecule has 0 saturated carbocycles. The van der Waals surface area contributed by atoms with Gasteiger partial charge >= 0.3 is 0 Å². The average molecular weight is 394 g/mol. The SMILES string of the molecule is O=C(COc1ccc(-c2ccccc2)cc1Cl)NCC1CCS(=O)(=O)C1. The fraction of sp³-hybridized carbons (Fsp3) is 0.316. The Balaban J connectivity index is 1.51. The van der Waals surface area contributed by atoms with Crippen LogP contribution in [0.2, 0.25) is 5.02 Å². The minimum absolute atomic E-state index is 0.0160. The molecule has 1 unspecified atom stereocenters. The maximum atomic E-state index is 11.9. The maximum Gasteiger partial charge on any atom is 0.257 e. The van der Waals surface area contributed by atoms with Gasteiger partial charge in [-0.05, 0) is 35.6 Å². The molecule has 26 heavy (non-hydrogen) atoms. The van der Waals surface area contributed by atoms with Gasteiger partial charge < -0.3 is 10.1 Å². The molecule has 3 rings (SSSR count). The standard InChI is InChI=1S/C19H20ClNO4S/c20-17-10-16(15-4-2-1-3-5-15)6-7-18(17)25-12-19(22)21-11-14-8-9-26(23,24)13-14/h1-7,10,14H,8-9,11-13H2,(H,21,22). The van der Waals surface area contributed by atoms with E-state index in [1.807, 2.05) is 36.4 Å². The number of sulfone groups is 1. The number of carbonyl (C=O) groups is 1. The summed E-state index contributed by atoms with van der Waals surface area (Å²) in [5.41, 5.74) is 2.01. The molecule has 1 aliphatic heterocycles. The molecule has 2 aromatic rings. The highest BCUT2D eigenvalue weighted by Crippen LogP contribution is 2.30. The van der Waals surface area contributed by atoms with Crippen LogP contribution in [0.3, 0.4) is 0 Å². The Morgan fingerprint density at radius 3 is 2.58 bits per heavy atom. The van der Waals surface area contributed by atoms with E-state index in [1.54, 1.807) is 12.1 Å².